The van der Waals surface area contributed by atoms with E-state index in [1.807, 2.05) is 0 Å². The number of hydrogen-bond acceptors (Lipinski definition) is 6. The van der Waals surface area contributed by atoms with Crippen molar-refractivity contribution in [1.29, 1.82) is 0 Å². The molecule has 0 saturated carbocycles. The van der Waals surface area contributed by atoms with Crippen LogP contribution >= 0.6 is 0 Å². The van der Waals surface area contributed by atoms with Crippen molar-refractivity contribution < 1.29 is 9.52 Å². The van der Waals surface area contributed by atoms with Crippen LogP contribution in [0.1, 0.15) is 18.7 Å². The van der Waals surface area contributed by atoms with Crippen molar-refractivity contribution in [2.45, 2.75) is 32.5 Å². The van der Waals surface area contributed by atoms with Crippen molar-refractivity contribution in [1.82, 2.24) is 20.4 Å². The third-order valence-corrected chi connectivity index (χ3v) is 2.93. The van der Waals surface area contributed by atoms with E-state index in [0.29, 0.717) is 24.9 Å². The number of nitrogens with one attached hydrogen (secondary N) is 1. The molecule has 0 amide bonds. The van der Waals surface area contributed by atoms with Gasteiger partial charge in [-0.1, -0.05) is 6.92 Å². The van der Waals surface area contributed by atoms with Crippen molar-refractivity contribution in [3.8, 4) is 0 Å². The molecule has 16 heavy (non-hydrogen) atoms. The fourth-order valence-electron chi connectivity index (χ4n) is 2.06. The van der Waals surface area contributed by atoms with Gasteiger partial charge in [-0.25, -0.2) is 0 Å². The molecule has 1 aliphatic rings. The quantitative estimate of drug-likeness (QED) is 0.723. The molecular weight excluding hydrogens is 208 g/mol. The largest absolute Gasteiger partial charge is 0.424 e. The summed E-state index contributed by atoms with van der Waals surface area (Å²) in [4.78, 5) is 2.15. The molecule has 0 bridgehead atoms. The number of rotatable bonds is 4. The number of aryl methyl sites for hydroxylation is 1. The lowest BCUT2D eigenvalue weighted by Crippen LogP contribution is -2.42. The predicted molar refractivity (Wildman–Crippen MR) is 57.8 cm³/mol. The molecular formula is C10H18N4O2. The number of β-amino-alcohol motifs (C(OH)–C–C–N with tert-alkyl or cyclic N) is 1. The van der Waals surface area contributed by atoms with Crippen LogP contribution in [0.4, 0.5) is 0 Å². The lowest BCUT2D eigenvalue weighted by molar-refractivity contribution is 0.0761. The standard InChI is InChI=1S/C10H18N4O2/c1-3-14(8-4-11-5-9(8)15)6-10-13-12-7(2)16-10/h8-9,11,15H,3-6H2,1-2H3/t8-,9+/m0/s1. The fraction of sp³-hybridized carbons (Fsp3) is 0.800. The average Bonchev–Trinajstić information content (AvgIpc) is 2.84. The first-order valence-corrected chi connectivity index (χ1v) is 5.62. The second-order valence-electron chi connectivity index (χ2n) is 4.07. The highest BCUT2D eigenvalue weighted by molar-refractivity contribution is 4.90. The summed E-state index contributed by atoms with van der Waals surface area (Å²) < 4.78 is 5.34. The average molecular weight is 226 g/mol. The Labute approximate surface area is 94.7 Å². The van der Waals surface area contributed by atoms with Gasteiger partial charge in [-0.05, 0) is 6.54 Å². The Kier molecular flexibility index (Phi) is 3.52. The van der Waals surface area contributed by atoms with E-state index in [0.717, 1.165) is 13.1 Å². The summed E-state index contributed by atoms with van der Waals surface area (Å²) in [5.41, 5.74) is 0. The van der Waals surface area contributed by atoms with Gasteiger partial charge in [0, 0.05) is 26.1 Å². The van der Waals surface area contributed by atoms with Gasteiger partial charge in [0.25, 0.3) is 0 Å². The zero-order valence-electron chi connectivity index (χ0n) is 9.68. The number of nitrogens with zero attached hydrogens (tertiary/aromatic N) is 3. The van der Waals surface area contributed by atoms with E-state index in [-0.39, 0.29) is 12.1 Å². The molecule has 0 aliphatic carbocycles. The van der Waals surface area contributed by atoms with Gasteiger partial charge in [0.2, 0.25) is 11.8 Å². The lowest BCUT2D eigenvalue weighted by Gasteiger charge is -2.27. The molecule has 1 fully saturated rings. The molecule has 0 aromatic carbocycles. The number of hydrogen-bond donors (Lipinski definition) is 2. The van der Waals surface area contributed by atoms with Gasteiger partial charge >= 0.3 is 0 Å². The first kappa shape index (κ1) is 11.5. The normalized spacial score (nSPS) is 25.5. The Hall–Kier alpha value is -0.980. The molecule has 2 atom stereocenters. The fourth-order valence-corrected chi connectivity index (χ4v) is 2.06. The molecule has 2 rings (SSSR count). The number of aliphatic hydroxyl groups excluding tert-OH is 1. The van der Waals surface area contributed by atoms with E-state index in [9.17, 15) is 5.11 Å². The number of likely N-dealkylation sites (N-methyl/N-ethyl adjacent to an activating group) is 1. The summed E-state index contributed by atoms with van der Waals surface area (Å²) in [5.74, 6) is 1.19. The molecule has 2 heterocycles. The van der Waals surface area contributed by atoms with Crippen molar-refractivity contribution in [3.63, 3.8) is 0 Å². The molecule has 1 aliphatic heterocycles. The molecule has 6 nitrogen and oxygen atoms in total. The SMILES string of the molecule is CCN(Cc1nnc(C)o1)[C@H]1CNC[C@H]1O. The maximum Gasteiger partial charge on any atom is 0.230 e. The molecule has 1 saturated heterocycles. The Morgan fingerprint density at radius 2 is 2.31 bits per heavy atom. The van der Waals surface area contributed by atoms with E-state index >= 15 is 0 Å². The van der Waals surface area contributed by atoms with Crippen LogP contribution in [0.5, 0.6) is 0 Å². The van der Waals surface area contributed by atoms with Crippen molar-refractivity contribution in [2.24, 2.45) is 0 Å². The summed E-state index contributed by atoms with van der Waals surface area (Å²) in [6.07, 6.45) is -0.316. The summed E-state index contributed by atoms with van der Waals surface area (Å²) in [7, 11) is 0. The maximum absolute atomic E-state index is 9.80. The van der Waals surface area contributed by atoms with Gasteiger partial charge in [-0.3, -0.25) is 4.90 Å². The van der Waals surface area contributed by atoms with Gasteiger partial charge in [-0.15, -0.1) is 10.2 Å². The van der Waals surface area contributed by atoms with Crippen molar-refractivity contribution >= 4 is 0 Å². The minimum absolute atomic E-state index is 0.136. The van der Waals surface area contributed by atoms with Crippen LogP contribution in [0.25, 0.3) is 0 Å². The zero-order valence-corrected chi connectivity index (χ0v) is 9.68. The van der Waals surface area contributed by atoms with Gasteiger partial charge in [0.15, 0.2) is 0 Å². The Morgan fingerprint density at radius 1 is 1.50 bits per heavy atom. The molecule has 0 radical (unpaired) electrons. The second-order valence-corrected chi connectivity index (χ2v) is 4.07. The first-order valence-electron chi connectivity index (χ1n) is 5.62. The van der Waals surface area contributed by atoms with E-state index < -0.39 is 0 Å². The second kappa shape index (κ2) is 4.90. The van der Waals surface area contributed by atoms with Gasteiger partial charge in [0.05, 0.1) is 12.6 Å². The highest BCUT2D eigenvalue weighted by Gasteiger charge is 2.30. The van der Waals surface area contributed by atoms with Crippen LogP contribution in [-0.4, -0.2) is 52.0 Å². The Bertz CT molecular complexity index is 341. The van der Waals surface area contributed by atoms with Gasteiger partial charge in [-0.2, -0.15) is 0 Å². The summed E-state index contributed by atoms with van der Waals surface area (Å²) >= 11 is 0. The zero-order chi connectivity index (χ0) is 11.5. The predicted octanol–water partition coefficient (Wildman–Crippen LogP) is -0.467. The molecule has 2 N–H and O–H groups in total. The smallest absolute Gasteiger partial charge is 0.230 e. The van der Waals surface area contributed by atoms with Crippen LogP contribution < -0.4 is 5.32 Å². The third-order valence-electron chi connectivity index (χ3n) is 2.93. The molecule has 0 spiro atoms. The number of aliphatic hydroxyl groups is 1. The molecule has 90 valence electrons. The number of aromatic nitrogens is 2. The highest BCUT2D eigenvalue weighted by Crippen LogP contribution is 2.12. The van der Waals surface area contributed by atoms with Crippen LogP contribution in [0.15, 0.2) is 4.42 Å². The minimum atomic E-state index is -0.316. The Morgan fingerprint density at radius 3 is 2.81 bits per heavy atom. The molecule has 0 unspecified atom stereocenters. The van der Waals surface area contributed by atoms with Crippen LogP contribution in [0.3, 0.4) is 0 Å². The Balaban J connectivity index is 2.00. The van der Waals surface area contributed by atoms with Crippen LogP contribution in [-0.2, 0) is 6.54 Å². The van der Waals surface area contributed by atoms with E-state index in [1.54, 1.807) is 6.92 Å². The van der Waals surface area contributed by atoms with E-state index in [1.165, 1.54) is 0 Å². The van der Waals surface area contributed by atoms with Crippen LogP contribution in [0, 0.1) is 6.92 Å². The highest BCUT2D eigenvalue weighted by atomic mass is 16.4. The van der Waals surface area contributed by atoms with Crippen molar-refractivity contribution in [2.75, 3.05) is 19.6 Å². The lowest BCUT2D eigenvalue weighted by atomic mass is 10.2. The van der Waals surface area contributed by atoms with E-state index in [2.05, 4.69) is 27.3 Å². The van der Waals surface area contributed by atoms with Crippen LogP contribution in [0.2, 0.25) is 0 Å². The maximum atomic E-state index is 9.80. The minimum Gasteiger partial charge on any atom is -0.424 e. The molecule has 1 aromatic heterocycles. The summed E-state index contributed by atoms with van der Waals surface area (Å²) in [5, 5.41) is 20.7. The van der Waals surface area contributed by atoms with E-state index in [4.69, 9.17) is 4.42 Å². The summed E-state index contributed by atoms with van der Waals surface area (Å²) in [6.45, 7) is 6.75. The topological polar surface area (TPSA) is 74.4 Å². The van der Waals surface area contributed by atoms with Gasteiger partial charge < -0.3 is 14.8 Å². The monoisotopic (exact) mass is 226 g/mol. The molecule has 1 aromatic rings. The van der Waals surface area contributed by atoms with Gasteiger partial charge in [0.1, 0.15) is 0 Å². The van der Waals surface area contributed by atoms with Crippen molar-refractivity contribution in [3.05, 3.63) is 11.8 Å². The molecule has 6 heteroatoms. The first-order chi connectivity index (χ1) is 7.70. The third kappa shape index (κ3) is 2.40. The summed E-state index contributed by atoms with van der Waals surface area (Å²) in [6, 6.07) is 0.136.